The lowest BCUT2D eigenvalue weighted by Crippen LogP contribution is -2.39. The first-order valence-electron chi connectivity index (χ1n) is 6.12. The molecule has 98 valence electrons. The van der Waals surface area contributed by atoms with Gasteiger partial charge in [0.05, 0.1) is 0 Å². The standard InChI is InChI=1S/C12H22N2O3/c1-4-10(12(16)17)11(15)14(3)8-9-5-6-13(2)7-9/h9-10H,4-8H2,1-3H3,(H,16,17). The molecule has 1 heterocycles. The third kappa shape index (κ3) is 3.70. The summed E-state index contributed by atoms with van der Waals surface area (Å²) in [5.41, 5.74) is 0. The second-order valence-corrected chi connectivity index (χ2v) is 4.93. The average Bonchev–Trinajstić information content (AvgIpc) is 2.64. The molecule has 5 heteroatoms. The first kappa shape index (κ1) is 14.0. The lowest BCUT2D eigenvalue weighted by atomic mass is 10.0. The van der Waals surface area contributed by atoms with Crippen LogP contribution in [0.25, 0.3) is 0 Å². The van der Waals surface area contributed by atoms with Gasteiger partial charge in [-0.25, -0.2) is 0 Å². The highest BCUT2D eigenvalue weighted by Gasteiger charge is 2.29. The van der Waals surface area contributed by atoms with Gasteiger partial charge in [-0.1, -0.05) is 6.92 Å². The summed E-state index contributed by atoms with van der Waals surface area (Å²) in [5.74, 6) is -1.71. The Labute approximate surface area is 102 Å². The summed E-state index contributed by atoms with van der Waals surface area (Å²) in [6, 6.07) is 0. The van der Waals surface area contributed by atoms with Crippen LogP contribution in [-0.4, -0.2) is 60.5 Å². The van der Waals surface area contributed by atoms with Crippen molar-refractivity contribution in [2.75, 3.05) is 33.7 Å². The average molecular weight is 242 g/mol. The number of amides is 1. The Morgan fingerprint density at radius 3 is 2.59 bits per heavy atom. The van der Waals surface area contributed by atoms with E-state index in [0.717, 1.165) is 19.5 Å². The minimum absolute atomic E-state index is 0.269. The Balaban J connectivity index is 2.48. The molecule has 1 aliphatic heterocycles. The minimum atomic E-state index is -1.02. The Bertz CT molecular complexity index is 293. The predicted molar refractivity (Wildman–Crippen MR) is 64.7 cm³/mol. The Hall–Kier alpha value is -1.10. The topological polar surface area (TPSA) is 60.9 Å². The van der Waals surface area contributed by atoms with Crippen LogP contribution < -0.4 is 0 Å². The number of carboxylic acid groups (broad SMARTS) is 1. The number of nitrogens with zero attached hydrogens (tertiary/aromatic N) is 2. The summed E-state index contributed by atoms with van der Waals surface area (Å²) in [7, 11) is 3.76. The number of carbonyl (C=O) groups is 2. The normalized spacial score (nSPS) is 22.4. The van der Waals surface area contributed by atoms with Crippen LogP contribution in [0.5, 0.6) is 0 Å². The molecule has 1 amide bonds. The van der Waals surface area contributed by atoms with Crippen molar-refractivity contribution in [1.82, 2.24) is 9.80 Å². The van der Waals surface area contributed by atoms with E-state index in [1.807, 2.05) is 0 Å². The van der Waals surface area contributed by atoms with Crippen LogP contribution in [-0.2, 0) is 9.59 Å². The first-order valence-corrected chi connectivity index (χ1v) is 6.12. The molecule has 1 aliphatic rings. The Kier molecular flexibility index (Phi) is 4.93. The molecule has 0 aromatic rings. The van der Waals surface area contributed by atoms with Crippen LogP contribution in [0.1, 0.15) is 19.8 Å². The Morgan fingerprint density at radius 2 is 2.18 bits per heavy atom. The van der Waals surface area contributed by atoms with Crippen LogP contribution in [0.15, 0.2) is 0 Å². The molecule has 2 unspecified atom stereocenters. The third-order valence-electron chi connectivity index (χ3n) is 3.40. The van der Waals surface area contributed by atoms with Crippen molar-refractivity contribution >= 4 is 11.9 Å². The summed E-state index contributed by atoms with van der Waals surface area (Å²) < 4.78 is 0. The van der Waals surface area contributed by atoms with Gasteiger partial charge in [-0.15, -0.1) is 0 Å². The largest absolute Gasteiger partial charge is 0.481 e. The SMILES string of the molecule is CCC(C(=O)O)C(=O)N(C)CC1CCN(C)C1. The highest BCUT2D eigenvalue weighted by Crippen LogP contribution is 2.16. The summed E-state index contributed by atoms with van der Waals surface area (Å²) in [5, 5.41) is 8.94. The molecule has 0 aromatic heterocycles. The molecule has 1 rings (SSSR count). The highest BCUT2D eigenvalue weighted by molar-refractivity contribution is 5.96. The van der Waals surface area contributed by atoms with Gasteiger partial charge in [0, 0.05) is 20.1 Å². The monoisotopic (exact) mass is 242 g/mol. The molecule has 0 aliphatic carbocycles. The first-order chi connectivity index (χ1) is 7.95. The number of hydrogen-bond donors (Lipinski definition) is 1. The predicted octanol–water partition coefficient (Wildman–Crippen LogP) is 0.507. The van der Waals surface area contributed by atoms with Crippen molar-refractivity contribution in [3.05, 3.63) is 0 Å². The van der Waals surface area contributed by atoms with E-state index >= 15 is 0 Å². The molecule has 1 saturated heterocycles. The minimum Gasteiger partial charge on any atom is -0.481 e. The van der Waals surface area contributed by atoms with Crippen molar-refractivity contribution in [1.29, 1.82) is 0 Å². The molecular weight excluding hydrogens is 220 g/mol. The molecule has 1 N–H and O–H groups in total. The molecule has 1 fully saturated rings. The van der Waals surface area contributed by atoms with E-state index in [9.17, 15) is 9.59 Å². The van der Waals surface area contributed by atoms with Crippen LogP contribution >= 0.6 is 0 Å². The van der Waals surface area contributed by atoms with Crippen LogP contribution in [0.3, 0.4) is 0 Å². The maximum Gasteiger partial charge on any atom is 0.316 e. The van der Waals surface area contributed by atoms with E-state index in [0.29, 0.717) is 18.9 Å². The molecule has 0 saturated carbocycles. The number of hydrogen-bond acceptors (Lipinski definition) is 3. The van der Waals surface area contributed by atoms with Crippen molar-refractivity contribution < 1.29 is 14.7 Å². The molecule has 0 radical (unpaired) electrons. The van der Waals surface area contributed by atoms with Gasteiger partial charge in [0.25, 0.3) is 0 Å². The van der Waals surface area contributed by atoms with Crippen LogP contribution in [0, 0.1) is 11.8 Å². The van der Waals surface area contributed by atoms with E-state index in [2.05, 4.69) is 11.9 Å². The zero-order valence-electron chi connectivity index (χ0n) is 10.8. The van der Waals surface area contributed by atoms with Crippen LogP contribution in [0.4, 0.5) is 0 Å². The zero-order valence-corrected chi connectivity index (χ0v) is 10.8. The maximum atomic E-state index is 11.9. The van der Waals surface area contributed by atoms with Crippen molar-refractivity contribution in [2.45, 2.75) is 19.8 Å². The maximum absolute atomic E-state index is 11.9. The van der Waals surface area contributed by atoms with E-state index < -0.39 is 11.9 Å². The number of carbonyl (C=O) groups excluding carboxylic acids is 1. The number of carboxylic acids is 1. The van der Waals surface area contributed by atoms with Gasteiger partial charge in [0.1, 0.15) is 5.92 Å². The molecule has 0 spiro atoms. The molecule has 17 heavy (non-hydrogen) atoms. The number of aliphatic carboxylic acids is 1. The lowest BCUT2D eigenvalue weighted by molar-refractivity contribution is -0.150. The van der Waals surface area contributed by atoms with E-state index in [1.165, 1.54) is 0 Å². The molecular formula is C12H22N2O3. The summed E-state index contributed by atoms with van der Waals surface area (Å²) in [4.78, 5) is 26.6. The molecule has 0 bridgehead atoms. The summed E-state index contributed by atoms with van der Waals surface area (Å²) >= 11 is 0. The Morgan fingerprint density at radius 1 is 1.53 bits per heavy atom. The van der Waals surface area contributed by atoms with Gasteiger partial charge in [0.15, 0.2) is 0 Å². The second kappa shape index (κ2) is 6.00. The number of likely N-dealkylation sites (tertiary alicyclic amines) is 1. The van der Waals surface area contributed by atoms with Gasteiger partial charge in [-0.05, 0) is 32.4 Å². The summed E-state index contributed by atoms with van der Waals surface area (Å²) in [6.07, 6.45) is 1.43. The van der Waals surface area contributed by atoms with Gasteiger partial charge in [-0.2, -0.15) is 0 Å². The van der Waals surface area contributed by atoms with Crippen molar-refractivity contribution in [3.8, 4) is 0 Å². The van der Waals surface area contributed by atoms with Crippen molar-refractivity contribution in [2.24, 2.45) is 11.8 Å². The fourth-order valence-electron chi connectivity index (χ4n) is 2.37. The fourth-order valence-corrected chi connectivity index (χ4v) is 2.37. The van der Waals surface area contributed by atoms with Gasteiger partial charge in [-0.3, -0.25) is 9.59 Å². The quantitative estimate of drug-likeness (QED) is 0.713. The lowest BCUT2D eigenvalue weighted by Gasteiger charge is -2.23. The van der Waals surface area contributed by atoms with E-state index in [4.69, 9.17) is 5.11 Å². The van der Waals surface area contributed by atoms with Gasteiger partial charge < -0.3 is 14.9 Å². The molecule has 0 aromatic carbocycles. The van der Waals surface area contributed by atoms with Crippen LogP contribution in [0.2, 0.25) is 0 Å². The smallest absolute Gasteiger partial charge is 0.316 e. The summed E-state index contributed by atoms with van der Waals surface area (Å²) in [6.45, 7) is 4.44. The fraction of sp³-hybridized carbons (Fsp3) is 0.833. The zero-order chi connectivity index (χ0) is 13.0. The van der Waals surface area contributed by atoms with E-state index in [1.54, 1.807) is 18.9 Å². The third-order valence-corrected chi connectivity index (χ3v) is 3.40. The van der Waals surface area contributed by atoms with Gasteiger partial charge in [0.2, 0.25) is 5.91 Å². The van der Waals surface area contributed by atoms with E-state index in [-0.39, 0.29) is 5.91 Å². The molecule has 5 nitrogen and oxygen atoms in total. The molecule has 2 atom stereocenters. The van der Waals surface area contributed by atoms with Crippen molar-refractivity contribution in [3.63, 3.8) is 0 Å². The second-order valence-electron chi connectivity index (χ2n) is 4.93. The van der Waals surface area contributed by atoms with Gasteiger partial charge >= 0.3 is 5.97 Å². The number of rotatable bonds is 5. The highest BCUT2D eigenvalue weighted by atomic mass is 16.4.